The third-order valence-corrected chi connectivity index (χ3v) is 10.5. The number of hydrogen-bond acceptors (Lipinski definition) is 6. The van der Waals surface area contributed by atoms with E-state index in [0.717, 1.165) is 51.6 Å². The summed E-state index contributed by atoms with van der Waals surface area (Å²) < 4.78 is 1.09. The first-order valence-corrected chi connectivity index (χ1v) is 14.6. The third kappa shape index (κ3) is 3.81. The van der Waals surface area contributed by atoms with Crippen molar-refractivity contribution in [2.24, 2.45) is 0 Å². The molecule has 3 aromatic rings. The number of fused-ring (bicyclic) bond motifs is 2. The van der Waals surface area contributed by atoms with Gasteiger partial charge in [-0.2, -0.15) is 0 Å². The lowest BCUT2D eigenvalue weighted by atomic mass is 9.74. The minimum Gasteiger partial charge on any atom is -0.366 e. The number of nitrogens with zero attached hydrogens (tertiary/aromatic N) is 4. The molecule has 192 valence electrons. The number of amides is 2. The van der Waals surface area contributed by atoms with Crippen molar-refractivity contribution in [3.05, 3.63) is 45.9 Å². The fourth-order valence-corrected chi connectivity index (χ4v) is 8.46. The van der Waals surface area contributed by atoms with Gasteiger partial charge in [-0.25, -0.2) is 0 Å². The number of likely N-dealkylation sites (N-methyl/N-ethyl adjacent to an activating group) is 1. The second-order valence-corrected chi connectivity index (χ2v) is 12.8. The second kappa shape index (κ2) is 8.79. The van der Waals surface area contributed by atoms with E-state index in [-0.39, 0.29) is 11.8 Å². The van der Waals surface area contributed by atoms with E-state index >= 15 is 0 Å². The number of halogens is 1. The molecule has 4 aliphatic rings. The smallest absolute Gasteiger partial charge is 0.230 e. The minimum absolute atomic E-state index is 0.0824. The van der Waals surface area contributed by atoms with Crippen LogP contribution in [-0.2, 0) is 22.6 Å². The predicted octanol–water partition coefficient (Wildman–Crippen LogP) is 5.65. The lowest BCUT2D eigenvalue weighted by molar-refractivity contribution is -0.138. The number of carbonyl (C=O) groups excluding carboxylic acids is 2. The first-order chi connectivity index (χ1) is 17.9. The molecule has 3 fully saturated rings. The molecule has 7 rings (SSSR count). The Labute approximate surface area is 226 Å². The van der Waals surface area contributed by atoms with E-state index in [4.69, 9.17) is 11.6 Å². The molecule has 1 aromatic carbocycles. The average molecular weight is 535 g/mol. The molecule has 0 N–H and O–H groups in total. The van der Waals surface area contributed by atoms with Gasteiger partial charge in [0, 0.05) is 70.4 Å². The van der Waals surface area contributed by atoms with Crippen LogP contribution in [0.4, 0.5) is 5.69 Å². The topological polar surface area (TPSA) is 56.8 Å². The lowest BCUT2D eigenvalue weighted by Crippen LogP contribution is -2.47. The van der Waals surface area contributed by atoms with Crippen LogP contribution in [0.1, 0.15) is 55.4 Å². The molecular formula is C29H31ClN4O2S. The number of hydrogen-bond donors (Lipinski definition) is 0. The molecule has 6 nitrogen and oxygen atoms in total. The van der Waals surface area contributed by atoms with Gasteiger partial charge in [-0.3, -0.25) is 24.4 Å². The Morgan fingerprint density at radius 2 is 1.89 bits per heavy atom. The maximum absolute atomic E-state index is 12.2. The quantitative estimate of drug-likeness (QED) is 0.405. The van der Waals surface area contributed by atoms with E-state index in [1.165, 1.54) is 47.4 Å². The van der Waals surface area contributed by atoms with Crippen LogP contribution < -0.4 is 4.90 Å². The van der Waals surface area contributed by atoms with E-state index in [2.05, 4.69) is 40.0 Å². The molecule has 3 aliphatic heterocycles. The second-order valence-electron chi connectivity index (χ2n) is 11.2. The number of pyridine rings is 1. The molecule has 1 spiro atoms. The van der Waals surface area contributed by atoms with Gasteiger partial charge in [0.1, 0.15) is 0 Å². The first kappa shape index (κ1) is 23.6. The summed E-state index contributed by atoms with van der Waals surface area (Å²) in [6.07, 6.45) is 9.90. The van der Waals surface area contributed by atoms with Crippen molar-refractivity contribution in [3.63, 3.8) is 0 Å². The Bertz CT molecular complexity index is 1410. The molecule has 37 heavy (non-hydrogen) atoms. The summed E-state index contributed by atoms with van der Waals surface area (Å²) in [5.41, 5.74) is 6.27. The minimum atomic E-state index is -0.0824. The van der Waals surface area contributed by atoms with Crippen molar-refractivity contribution in [1.82, 2.24) is 14.8 Å². The van der Waals surface area contributed by atoms with Gasteiger partial charge >= 0.3 is 0 Å². The van der Waals surface area contributed by atoms with Gasteiger partial charge in [0.05, 0.1) is 16.8 Å². The van der Waals surface area contributed by atoms with E-state index in [1.54, 1.807) is 11.3 Å². The fourth-order valence-electron chi connectivity index (χ4n) is 7.09. The lowest BCUT2D eigenvalue weighted by Gasteiger charge is -2.44. The number of anilines is 1. The van der Waals surface area contributed by atoms with Crippen LogP contribution in [0.5, 0.6) is 0 Å². The summed E-state index contributed by atoms with van der Waals surface area (Å²) in [6.45, 7) is 2.50. The van der Waals surface area contributed by atoms with Crippen LogP contribution in [0, 0.1) is 0 Å². The normalized spacial score (nSPS) is 23.4. The molecule has 1 atom stereocenters. The van der Waals surface area contributed by atoms with Gasteiger partial charge < -0.3 is 4.90 Å². The van der Waals surface area contributed by atoms with E-state index in [9.17, 15) is 9.59 Å². The van der Waals surface area contributed by atoms with Crippen LogP contribution in [-0.4, -0.2) is 58.3 Å². The number of benzene rings is 1. The zero-order valence-corrected chi connectivity index (χ0v) is 22.7. The van der Waals surface area contributed by atoms with Crippen LogP contribution in [0.3, 0.4) is 0 Å². The van der Waals surface area contributed by atoms with Gasteiger partial charge in [-0.15, -0.1) is 11.3 Å². The molecule has 0 bridgehead atoms. The van der Waals surface area contributed by atoms with Crippen molar-refractivity contribution < 1.29 is 9.59 Å². The van der Waals surface area contributed by atoms with Crippen LogP contribution in [0.2, 0.25) is 5.02 Å². The molecule has 1 aliphatic carbocycles. The molecule has 2 saturated heterocycles. The zero-order chi connectivity index (χ0) is 25.3. The molecule has 0 radical (unpaired) electrons. The van der Waals surface area contributed by atoms with Crippen LogP contribution in [0.25, 0.3) is 21.3 Å². The average Bonchev–Trinajstić information content (AvgIpc) is 3.53. The summed E-state index contributed by atoms with van der Waals surface area (Å²) >= 11 is 8.35. The standard InChI is InChI=1S/C29H31ClN4O2S/c1-32-16-20(15-29(32)8-3-9-29)33-11-2-4-18-12-19(30)13-23(27(18)33)22-7-10-31-24-14-21(37-28(22)24)17-34-25(35)5-6-26(34)36/h7,10,12-14,20H,2-6,8-9,11,15-17H2,1H3. The van der Waals surface area contributed by atoms with E-state index in [1.807, 2.05) is 12.3 Å². The van der Waals surface area contributed by atoms with Crippen LogP contribution in [0.15, 0.2) is 30.5 Å². The number of likely N-dealkylation sites (tertiary alicyclic amines) is 2. The number of rotatable bonds is 4. The van der Waals surface area contributed by atoms with Gasteiger partial charge in [-0.1, -0.05) is 11.6 Å². The molecule has 5 heterocycles. The first-order valence-electron chi connectivity index (χ1n) is 13.4. The largest absolute Gasteiger partial charge is 0.366 e. The molecule has 2 amide bonds. The van der Waals surface area contributed by atoms with Gasteiger partial charge in [0.15, 0.2) is 0 Å². The number of carbonyl (C=O) groups is 2. The van der Waals surface area contributed by atoms with Crippen molar-refractivity contribution in [3.8, 4) is 11.1 Å². The summed E-state index contributed by atoms with van der Waals surface area (Å²) in [6, 6.07) is 8.92. The number of imide groups is 1. The maximum Gasteiger partial charge on any atom is 0.230 e. The van der Waals surface area contributed by atoms with Gasteiger partial charge in [0.2, 0.25) is 11.8 Å². The Balaban J connectivity index is 1.30. The monoisotopic (exact) mass is 534 g/mol. The predicted molar refractivity (Wildman–Crippen MR) is 148 cm³/mol. The zero-order valence-electron chi connectivity index (χ0n) is 21.1. The molecule has 1 unspecified atom stereocenters. The van der Waals surface area contributed by atoms with Crippen molar-refractivity contribution in [2.45, 2.75) is 69.5 Å². The van der Waals surface area contributed by atoms with Crippen LogP contribution >= 0.6 is 22.9 Å². The Hall–Kier alpha value is -2.48. The summed E-state index contributed by atoms with van der Waals surface area (Å²) in [5.74, 6) is -0.165. The van der Waals surface area contributed by atoms with Crippen molar-refractivity contribution in [2.75, 3.05) is 25.0 Å². The maximum atomic E-state index is 12.2. The number of aromatic nitrogens is 1. The van der Waals surface area contributed by atoms with Gasteiger partial charge in [-0.05, 0) is 75.4 Å². The molecule has 2 aromatic heterocycles. The third-order valence-electron chi connectivity index (χ3n) is 9.14. The highest BCUT2D eigenvalue weighted by Crippen LogP contribution is 2.49. The SMILES string of the molecule is CN1CC(N2CCCc3cc(Cl)cc(-c4ccnc5cc(CN6C(=O)CCC6=O)sc45)c32)CC12CCC2. The van der Waals surface area contributed by atoms with Crippen molar-refractivity contribution in [1.29, 1.82) is 0 Å². The number of aryl methyl sites for hydroxylation is 1. The molecular weight excluding hydrogens is 504 g/mol. The summed E-state index contributed by atoms with van der Waals surface area (Å²) in [5, 5.41) is 0.768. The van der Waals surface area contributed by atoms with Crippen molar-refractivity contribution >= 4 is 50.7 Å². The Kier molecular flexibility index (Phi) is 5.61. The number of thiophene rings is 1. The molecule has 8 heteroatoms. The van der Waals surface area contributed by atoms with E-state index in [0.29, 0.717) is 31.0 Å². The summed E-state index contributed by atoms with van der Waals surface area (Å²) in [4.78, 5) is 36.7. The Morgan fingerprint density at radius 1 is 1.08 bits per heavy atom. The highest BCUT2D eigenvalue weighted by atomic mass is 35.5. The highest BCUT2D eigenvalue weighted by molar-refractivity contribution is 7.19. The molecule has 1 saturated carbocycles. The fraction of sp³-hybridized carbons (Fsp3) is 0.483. The van der Waals surface area contributed by atoms with Gasteiger partial charge in [0.25, 0.3) is 0 Å². The summed E-state index contributed by atoms with van der Waals surface area (Å²) in [7, 11) is 2.31. The Morgan fingerprint density at radius 3 is 2.62 bits per heavy atom. The highest BCUT2D eigenvalue weighted by Gasteiger charge is 2.49. The van der Waals surface area contributed by atoms with E-state index < -0.39 is 0 Å².